The van der Waals surface area contributed by atoms with Crippen molar-refractivity contribution in [3.63, 3.8) is 0 Å². The van der Waals surface area contributed by atoms with Crippen LogP contribution >= 0.6 is 0 Å². The Kier molecular flexibility index (Phi) is 3.01. The monoisotopic (exact) mass is 257 g/mol. The van der Waals surface area contributed by atoms with Crippen molar-refractivity contribution >= 4 is 5.69 Å². The smallest absolute Gasteiger partial charge is 0.232 e. The van der Waals surface area contributed by atoms with E-state index in [0.29, 0.717) is 5.82 Å². The van der Waals surface area contributed by atoms with Crippen LogP contribution in [0.25, 0.3) is 11.4 Å². The first-order chi connectivity index (χ1) is 9.17. The molecule has 1 heterocycles. The second-order valence-electron chi connectivity index (χ2n) is 5.67. The SMILES string of the molecule is CC1(c2nc(-c3ccc(N)cc3)no2)CCCCC1. The van der Waals surface area contributed by atoms with Gasteiger partial charge in [0.1, 0.15) is 0 Å². The summed E-state index contributed by atoms with van der Waals surface area (Å²) in [4.78, 5) is 4.59. The zero-order valence-corrected chi connectivity index (χ0v) is 11.2. The first-order valence-electron chi connectivity index (χ1n) is 6.87. The van der Waals surface area contributed by atoms with Gasteiger partial charge in [-0.1, -0.05) is 31.3 Å². The van der Waals surface area contributed by atoms with Gasteiger partial charge < -0.3 is 10.3 Å². The van der Waals surface area contributed by atoms with Crippen LogP contribution in [0.5, 0.6) is 0 Å². The molecule has 0 atom stereocenters. The molecule has 0 spiro atoms. The van der Waals surface area contributed by atoms with Gasteiger partial charge in [-0.25, -0.2) is 0 Å². The number of rotatable bonds is 2. The Morgan fingerprint density at radius 3 is 2.47 bits per heavy atom. The maximum absolute atomic E-state index is 5.68. The lowest BCUT2D eigenvalue weighted by Gasteiger charge is -2.29. The molecule has 0 unspecified atom stereocenters. The lowest BCUT2D eigenvalue weighted by Crippen LogP contribution is -2.25. The Bertz CT molecular complexity index is 553. The van der Waals surface area contributed by atoms with Gasteiger partial charge in [0.05, 0.1) is 0 Å². The first kappa shape index (κ1) is 12.2. The van der Waals surface area contributed by atoms with Gasteiger partial charge in [0.25, 0.3) is 0 Å². The minimum atomic E-state index is 0.0529. The van der Waals surface area contributed by atoms with Crippen LogP contribution in [0.1, 0.15) is 44.9 Å². The number of anilines is 1. The highest BCUT2D eigenvalue weighted by molar-refractivity contribution is 5.58. The van der Waals surface area contributed by atoms with Gasteiger partial charge in [-0.05, 0) is 37.1 Å². The van der Waals surface area contributed by atoms with Crippen molar-refractivity contribution < 1.29 is 4.52 Å². The van der Waals surface area contributed by atoms with Crippen LogP contribution in [0.4, 0.5) is 5.69 Å². The molecule has 1 aliphatic carbocycles. The van der Waals surface area contributed by atoms with E-state index < -0.39 is 0 Å². The summed E-state index contributed by atoms with van der Waals surface area (Å²) in [7, 11) is 0. The molecule has 0 amide bonds. The van der Waals surface area contributed by atoms with Crippen LogP contribution < -0.4 is 5.73 Å². The summed E-state index contributed by atoms with van der Waals surface area (Å²) >= 11 is 0. The summed E-state index contributed by atoms with van der Waals surface area (Å²) in [6.45, 7) is 2.23. The van der Waals surface area contributed by atoms with E-state index in [2.05, 4.69) is 17.1 Å². The van der Waals surface area contributed by atoms with Crippen LogP contribution in [0, 0.1) is 0 Å². The molecule has 1 aliphatic rings. The highest BCUT2D eigenvalue weighted by atomic mass is 16.5. The van der Waals surface area contributed by atoms with Gasteiger partial charge >= 0.3 is 0 Å². The summed E-state index contributed by atoms with van der Waals surface area (Å²) in [5.74, 6) is 1.43. The minimum Gasteiger partial charge on any atom is -0.399 e. The Labute approximate surface area is 113 Å². The predicted octanol–water partition coefficient (Wildman–Crippen LogP) is 3.54. The fraction of sp³-hybridized carbons (Fsp3) is 0.467. The third-order valence-electron chi connectivity index (χ3n) is 4.07. The maximum atomic E-state index is 5.68. The second kappa shape index (κ2) is 4.68. The van der Waals surface area contributed by atoms with Crippen molar-refractivity contribution in [3.05, 3.63) is 30.2 Å². The molecule has 1 aromatic heterocycles. The Hall–Kier alpha value is -1.84. The number of nitrogen functional groups attached to an aromatic ring is 1. The first-order valence-corrected chi connectivity index (χ1v) is 6.87. The van der Waals surface area contributed by atoms with E-state index in [1.165, 1.54) is 19.3 Å². The molecule has 1 saturated carbocycles. The standard InChI is InChI=1S/C15H19N3O/c1-15(9-3-2-4-10-15)14-17-13(18-19-14)11-5-7-12(16)8-6-11/h5-8H,2-4,9-10,16H2,1H3. The molecule has 19 heavy (non-hydrogen) atoms. The molecule has 0 aliphatic heterocycles. The molecule has 4 heteroatoms. The van der Waals surface area contributed by atoms with Gasteiger partial charge in [-0.15, -0.1) is 0 Å². The van der Waals surface area contributed by atoms with E-state index in [-0.39, 0.29) is 5.41 Å². The molecule has 0 saturated heterocycles. The fourth-order valence-electron chi connectivity index (χ4n) is 2.76. The zero-order valence-electron chi connectivity index (χ0n) is 11.2. The quantitative estimate of drug-likeness (QED) is 0.836. The van der Waals surface area contributed by atoms with E-state index in [1.807, 2.05) is 24.3 Å². The third-order valence-corrected chi connectivity index (χ3v) is 4.07. The summed E-state index contributed by atoms with van der Waals surface area (Å²) < 4.78 is 5.50. The molecule has 4 nitrogen and oxygen atoms in total. The van der Waals surface area contributed by atoms with Crippen molar-refractivity contribution in [2.45, 2.75) is 44.4 Å². The van der Waals surface area contributed by atoms with Crippen molar-refractivity contribution in [3.8, 4) is 11.4 Å². The van der Waals surface area contributed by atoms with Crippen molar-refractivity contribution in [1.29, 1.82) is 0 Å². The number of hydrogen-bond donors (Lipinski definition) is 1. The molecule has 1 aromatic carbocycles. The van der Waals surface area contributed by atoms with Gasteiger partial charge in [-0.2, -0.15) is 4.98 Å². The van der Waals surface area contributed by atoms with Crippen LogP contribution in [0.3, 0.4) is 0 Å². The largest absolute Gasteiger partial charge is 0.399 e. The van der Waals surface area contributed by atoms with E-state index in [4.69, 9.17) is 10.3 Å². The molecular formula is C15H19N3O. The molecule has 0 radical (unpaired) electrons. The van der Waals surface area contributed by atoms with E-state index in [0.717, 1.165) is 30.0 Å². The summed E-state index contributed by atoms with van der Waals surface area (Å²) in [6, 6.07) is 7.56. The molecule has 2 aromatic rings. The summed E-state index contributed by atoms with van der Waals surface area (Å²) in [6.07, 6.45) is 6.08. The predicted molar refractivity (Wildman–Crippen MR) is 74.6 cm³/mol. The van der Waals surface area contributed by atoms with Crippen LogP contribution in [0.15, 0.2) is 28.8 Å². The second-order valence-corrected chi connectivity index (χ2v) is 5.67. The molecule has 2 N–H and O–H groups in total. The number of hydrogen-bond acceptors (Lipinski definition) is 4. The fourth-order valence-corrected chi connectivity index (χ4v) is 2.76. The molecular weight excluding hydrogens is 238 g/mol. The van der Waals surface area contributed by atoms with Crippen LogP contribution in [-0.2, 0) is 5.41 Å². The van der Waals surface area contributed by atoms with Crippen molar-refractivity contribution in [2.24, 2.45) is 0 Å². The molecule has 1 fully saturated rings. The lowest BCUT2D eigenvalue weighted by molar-refractivity contribution is 0.232. The third kappa shape index (κ3) is 2.35. The van der Waals surface area contributed by atoms with Gasteiger partial charge in [-0.3, -0.25) is 0 Å². The Balaban J connectivity index is 1.88. The number of nitrogens with two attached hydrogens (primary N) is 1. The number of aromatic nitrogens is 2. The summed E-state index contributed by atoms with van der Waals surface area (Å²) in [5.41, 5.74) is 7.43. The molecule has 100 valence electrons. The van der Waals surface area contributed by atoms with Crippen molar-refractivity contribution in [2.75, 3.05) is 5.73 Å². The number of benzene rings is 1. The Morgan fingerprint density at radius 1 is 1.11 bits per heavy atom. The van der Waals surface area contributed by atoms with E-state index >= 15 is 0 Å². The van der Waals surface area contributed by atoms with E-state index in [9.17, 15) is 0 Å². The average molecular weight is 257 g/mol. The Morgan fingerprint density at radius 2 is 1.79 bits per heavy atom. The normalized spacial score (nSPS) is 18.4. The number of nitrogens with zero attached hydrogens (tertiary/aromatic N) is 2. The zero-order chi connectivity index (χ0) is 13.3. The molecule has 3 rings (SSSR count). The maximum Gasteiger partial charge on any atom is 0.232 e. The topological polar surface area (TPSA) is 64.9 Å². The highest BCUT2D eigenvalue weighted by Crippen LogP contribution is 2.38. The lowest BCUT2D eigenvalue weighted by atomic mass is 9.75. The van der Waals surface area contributed by atoms with Crippen LogP contribution in [-0.4, -0.2) is 10.1 Å². The van der Waals surface area contributed by atoms with Gasteiger partial charge in [0.2, 0.25) is 11.7 Å². The van der Waals surface area contributed by atoms with Gasteiger partial charge in [0.15, 0.2) is 0 Å². The van der Waals surface area contributed by atoms with Gasteiger partial charge in [0, 0.05) is 16.7 Å². The van der Waals surface area contributed by atoms with Crippen molar-refractivity contribution in [1.82, 2.24) is 10.1 Å². The average Bonchev–Trinajstić information content (AvgIpc) is 2.91. The minimum absolute atomic E-state index is 0.0529. The van der Waals surface area contributed by atoms with Crippen LogP contribution in [0.2, 0.25) is 0 Å². The molecule has 0 bridgehead atoms. The summed E-state index contributed by atoms with van der Waals surface area (Å²) in [5, 5.41) is 4.11. The highest BCUT2D eigenvalue weighted by Gasteiger charge is 2.34. The van der Waals surface area contributed by atoms with E-state index in [1.54, 1.807) is 0 Å².